The van der Waals surface area contributed by atoms with E-state index in [2.05, 4.69) is 12.2 Å². The van der Waals surface area contributed by atoms with Crippen molar-refractivity contribution in [1.82, 2.24) is 5.32 Å². The lowest BCUT2D eigenvalue weighted by Crippen LogP contribution is -2.37. The van der Waals surface area contributed by atoms with E-state index in [0.29, 0.717) is 18.1 Å². The lowest BCUT2D eigenvalue weighted by molar-refractivity contribution is 0.444. The summed E-state index contributed by atoms with van der Waals surface area (Å²) in [5.74, 6) is -0.170. The molecule has 1 saturated carbocycles. The summed E-state index contributed by atoms with van der Waals surface area (Å²) in [6.07, 6.45) is 4.32. The highest BCUT2D eigenvalue weighted by molar-refractivity contribution is 5.17. The first-order valence-corrected chi connectivity index (χ1v) is 6.39. The van der Waals surface area contributed by atoms with E-state index >= 15 is 0 Å². The van der Waals surface area contributed by atoms with Gasteiger partial charge in [0.25, 0.3) is 0 Å². The first-order chi connectivity index (χ1) is 8.13. The van der Waals surface area contributed by atoms with E-state index < -0.39 is 0 Å². The maximum atomic E-state index is 12.8. The second-order valence-electron chi connectivity index (χ2n) is 5.17. The summed E-state index contributed by atoms with van der Waals surface area (Å²) >= 11 is 0. The van der Waals surface area contributed by atoms with E-state index in [0.717, 1.165) is 19.3 Å². The van der Waals surface area contributed by atoms with Gasteiger partial charge in [-0.05, 0) is 50.3 Å². The van der Waals surface area contributed by atoms with Crippen LogP contribution in [0.4, 0.5) is 4.39 Å². The largest absolute Gasteiger partial charge is 0.328 e. The summed E-state index contributed by atoms with van der Waals surface area (Å²) in [5, 5.41) is 3.60. The van der Waals surface area contributed by atoms with E-state index in [9.17, 15) is 4.39 Å². The van der Waals surface area contributed by atoms with Crippen molar-refractivity contribution in [2.75, 3.05) is 0 Å². The van der Waals surface area contributed by atoms with Crippen molar-refractivity contribution in [2.45, 2.75) is 50.7 Å². The number of nitrogens with one attached hydrogen (secondary N) is 1. The van der Waals surface area contributed by atoms with Gasteiger partial charge in [-0.1, -0.05) is 12.1 Å². The van der Waals surface area contributed by atoms with Crippen LogP contribution in [0.15, 0.2) is 24.3 Å². The average Bonchev–Trinajstić information content (AvgIpc) is 2.67. The summed E-state index contributed by atoms with van der Waals surface area (Å²) in [4.78, 5) is 0. The Morgan fingerprint density at radius 1 is 1.35 bits per heavy atom. The Kier molecular flexibility index (Phi) is 4.13. The minimum atomic E-state index is -0.170. The van der Waals surface area contributed by atoms with Crippen LogP contribution in [0, 0.1) is 5.82 Å². The predicted octanol–water partition coefficient (Wildman–Crippen LogP) is 2.23. The van der Waals surface area contributed by atoms with Crippen molar-refractivity contribution in [3.63, 3.8) is 0 Å². The fourth-order valence-electron chi connectivity index (χ4n) is 2.60. The number of nitrogens with two attached hydrogens (primary N) is 1. The highest BCUT2D eigenvalue weighted by atomic mass is 19.1. The third-order valence-electron chi connectivity index (χ3n) is 3.45. The first kappa shape index (κ1) is 12.5. The molecule has 94 valence electrons. The molecule has 0 aromatic heterocycles. The standard InChI is InChI=1S/C14H21FN2/c1-10(17-14-7-6-13(16)9-14)8-11-2-4-12(15)5-3-11/h2-5,10,13-14,17H,6-9,16H2,1H3. The Morgan fingerprint density at radius 2 is 2.06 bits per heavy atom. The molecular formula is C14H21FN2. The van der Waals surface area contributed by atoms with Crippen LogP contribution < -0.4 is 11.1 Å². The van der Waals surface area contributed by atoms with Crippen LogP contribution in [0.1, 0.15) is 31.7 Å². The molecule has 1 aromatic carbocycles. The maximum absolute atomic E-state index is 12.8. The summed E-state index contributed by atoms with van der Waals surface area (Å²) in [5.41, 5.74) is 7.06. The number of benzene rings is 1. The third kappa shape index (κ3) is 3.79. The highest BCUT2D eigenvalue weighted by Crippen LogP contribution is 2.18. The molecule has 0 aliphatic heterocycles. The Bertz CT molecular complexity index is 350. The molecular weight excluding hydrogens is 215 g/mol. The first-order valence-electron chi connectivity index (χ1n) is 6.39. The highest BCUT2D eigenvalue weighted by Gasteiger charge is 2.22. The van der Waals surface area contributed by atoms with Crippen molar-refractivity contribution in [3.8, 4) is 0 Å². The van der Waals surface area contributed by atoms with E-state index in [-0.39, 0.29) is 5.82 Å². The number of halogens is 1. The zero-order valence-electron chi connectivity index (χ0n) is 10.3. The Hall–Kier alpha value is -0.930. The van der Waals surface area contributed by atoms with Gasteiger partial charge in [0.05, 0.1) is 0 Å². The van der Waals surface area contributed by atoms with Crippen molar-refractivity contribution >= 4 is 0 Å². The maximum Gasteiger partial charge on any atom is 0.123 e. The number of hydrogen-bond donors (Lipinski definition) is 2. The van der Waals surface area contributed by atoms with Crippen molar-refractivity contribution in [3.05, 3.63) is 35.6 Å². The molecule has 3 unspecified atom stereocenters. The molecule has 0 heterocycles. The van der Waals surface area contributed by atoms with Gasteiger partial charge in [0.2, 0.25) is 0 Å². The molecule has 2 rings (SSSR count). The van der Waals surface area contributed by atoms with Crippen LogP contribution in [0.2, 0.25) is 0 Å². The van der Waals surface area contributed by atoms with E-state index in [1.54, 1.807) is 0 Å². The Balaban J connectivity index is 1.80. The average molecular weight is 236 g/mol. The zero-order valence-corrected chi connectivity index (χ0v) is 10.3. The number of rotatable bonds is 4. The minimum Gasteiger partial charge on any atom is -0.328 e. The monoisotopic (exact) mass is 236 g/mol. The van der Waals surface area contributed by atoms with Crippen LogP contribution in [0.5, 0.6) is 0 Å². The molecule has 1 fully saturated rings. The predicted molar refractivity (Wildman–Crippen MR) is 68.3 cm³/mol. The van der Waals surface area contributed by atoms with Crippen LogP contribution in [-0.4, -0.2) is 18.1 Å². The van der Waals surface area contributed by atoms with Crippen LogP contribution >= 0.6 is 0 Å². The lowest BCUT2D eigenvalue weighted by atomic mass is 10.1. The molecule has 1 aliphatic carbocycles. The number of hydrogen-bond acceptors (Lipinski definition) is 2. The SMILES string of the molecule is CC(Cc1ccc(F)cc1)NC1CCC(N)C1. The van der Waals surface area contributed by atoms with E-state index in [1.165, 1.54) is 24.1 Å². The van der Waals surface area contributed by atoms with Gasteiger partial charge in [-0.2, -0.15) is 0 Å². The molecule has 3 N–H and O–H groups in total. The van der Waals surface area contributed by atoms with Gasteiger partial charge in [-0.15, -0.1) is 0 Å². The van der Waals surface area contributed by atoms with Gasteiger partial charge < -0.3 is 11.1 Å². The summed E-state index contributed by atoms with van der Waals surface area (Å²) in [7, 11) is 0. The van der Waals surface area contributed by atoms with Crippen LogP contribution in [0.25, 0.3) is 0 Å². The topological polar surface area (TPSA) is 38.0 Å². The molecule has 17 heavy (non-hydrogen) atoms. The van der Waals surface area contributed by atoms with Gasteiger partial charge >= 0.3 is 0 Å². The van der Waals surface area contributed by atoms with Gasteiger partial charge in [0, 0.05) is 18.1 Å². The minimum absolute atomic E-state index is 0.170. The van der Waals surface area contributed by atoms with Gasteiger partial charge in [-0.25, -0.2) is 4.39 Å². The summed E-state index contributed by atoms with van der Waals surface area (Å²) < 4.78 is 12.8. The van der Waals surface area contributed by atoms with Crippen LogP contribution in [-0.2, 0) is 6.42 Å². The van der Waals surface area contributed by atoms with E-state index in [1.807, 2.05) is 12.1 Å². The summed E-state index contributed by atoms with van der Waals surface area (Å²) in [6, 6.07) is 8.09. The van der Waals surface area contributed by atoms with Gasteiger partial charge in [0.1, 0.15) is 5.82 Å². The molecule has 3 atom stereocenters. The molecule has 1 aromatic rings. The molecule has 2 nitrogen and oxygen atoms in total. The molecule has 0 amide bonds. The molecule has 0 saturated heterocycles. The fraction of sp³-hybridized carbons (Fsp3) is 0.571. The summed E-state index contributed by atoms with van der Waals surface area (Å²) in [6.45, 7) is 2.17. The second kappa shape index (κ2) is 5.61. The lowest BCUT2D eigenvalue weighted by Gasteiger charge is -2.19. The molecule has 0 radical (unpaired) electrons. The second-order valence-corrected chi connectivity index (χ2v) is 5.17. The van der Waals surface area contributed by atoms with Crippen molar-refractivity contribution < 1.29 is 4.39 Å². The zero-order chi connectivity index (χ0) is 12.3. The third-order valence-corrected chi connectivity index (χ3v) is 3.45. The van der Waals surface area contributed by atoms with Gasteiger partial charge in [-0.3, -0.25) is 0 Å². The molecule has 3 heteroatoms. The Labute approximate surface area is 102 Å². The van der Waals surface area contributed by atoms with Crippen molar-refractivity contribution in [2.24, 2.45) is 5.73 Å². The van der Waals surface area contributed by atoms with Crippen LogP contribution in [0.3, 0.4) is 0 Å². The fourth-order valence-corrected chi connectivity index (χ4v) is 2.60. The van der Waals surface area contributed by atoms with Gasteiger partial charge in [0.15, 0.2) is 0 Å². The smallest absolute Gasteiger partial charge is 0.123 e. The molecule has 1 aliphatic rings. The molecule has 0 spiro atoms. The quantitative estimate of drug-likeness (QED) is 0.841. The van der Waals surface area contributed by atoms with Crippen molar-refractivity contribution in [1.29, 1.82) is 0 Å². The normalized spacial score (nSPS) is 26.1. The van der Waals surface area contributed by atoms with E-state index in [4.69, 9.17) is 5.73 Å². The molecule has 0 bridgehead atoms. The Morgan fingerprint density at radius 3 is 2.65 bits per heavy atom.